The van der Waals surface area contributed by atoms with E-state index >= 15 is 0 Å². The smallest absolute Gasteiger partial charge is 0.204 e. The summed E-state index contributed by atoms with van der Waals surface area (Å²) in [5.41, 5.74) is 6.73. The Bertz CT molecular complexity index is 2480. The summed E-state index contributed by atoms with van der Waals surface area (Å²) in [6, 6.07) is 28.7. The number of nitrogens with zero attached hydrogens (tertiary/aromatic N) is 1. The van der Waals surface area contributed by atoms with Crippen LogP contribution in [0.4, 0.5) is 5.82 Å². The van der Waals surface area contributed by atoms with E-state index in [0.717, 1.165) is 47.6 Å². The van der Waals surface area contributed by atoms with Crippen LogP contribution in [0.5, 0.6) is 23.0 Å². The van der Waals surface area contributed by atoms with Gasteiger partial charge in [0.2, 0.25) is 5.75 Å². The van der Waals surface area contributed by atoms with Crippen molar-refractivity contribution in [3.63, 3.8) is 0 Å². The normalized spacial score (nSPS) is 16.2. The number of anilines is 1. The number of aryl methyl sites for hydroxylation is 1. The summed E-state index contributed by atoms with van der Waals surface area (Å²) in [7, 11) is 1.54. The van der Waals surface area contributed by atoms with Gasteiger partial charge in [-0.2, -0.15) is 0 Å². The molecule has 2 aromatic heterocycles. The van der Waals surface area contributed by atoms with Crippen molar-refractivity contribution in [1.29, 1.82) is 0 Å². The van der Waals surface area contributed by atoms with Gasteiger partial charge in [-0.3, -0.25) is 4.79 Å². The third-order valence-electron chi connectivity index (χ3n) is 10.6. The van der Waals surface area contributed by atoms with E-state index < -0.39 is 5.92 Å². The average Bonchev–Trinajstić information content (AvgIpc) is 3.68. The third-order valence-corrected chi connectivity index (χ3v) is 10.6. The maximum atomic E-state index is 14.5. The highest BCUT2D eigenvalue weighted by Gasteiger charge is 2.32. The molecule has 10 heteroatoms. The van der Waals surface area contributed by atoms with E-state index in [1.807, 2.05) is 18.2 Å². The molecule has 1 fully saturated rings. The fourth-order valence-electron chi connectivity index (χ4n) is 7.78. The molecule has 292 valence electrons. The highest BCUT2D eigenvalue weighted by atomic mass is 16.5. The molecule has 57 heavy (non-hydrogen) atoms. The second-order valence-electron chi connectivity index (χ2n) is 14.4. The van der Waals surface area contributed by atoms with Crippen molar-refractivity contribution < 1.29 is 28.8 Å². The summed E-state index contributed by atoms with van der Waals surface area (Å²) >= 11 is 0. The Kier molecular flexibility index (Phi) is 11.2. The van der Waals surface area contributed by atoms with Crippen molar-refractivity contribution in [3.05, 3.63) is 124 Å². The van der Waals surface area contributed by atoms with Gasteiger partial charge in [0.05, 0.1) is 37.8 Å². The molecule has 0 aliphatic carbocycles. The van der Waals surface area contributed by atoms with Crippen LogP contribution in [-0.2, 0) is 19.3 Å². The Morgan fingerprint density at radius 1 is 0.912 bits per heavy atom. The van der Waals surface area contributed by atoms with Gasteiger partial charge in [-0.15, -0.1) is 0 Å². The summed E-state index contributed by atoms with van der Waals surface area (Å²) < 4.78 is 26.1. The summed E-state index contributed by atoms with van der Waals surface area (Å²) in [6.45, 7) is 4.77. The zero-order valence-electron chi connectivity index (χ0n) is 32.3. The maximum Gasteiger partial charge on any atom is 0.204 e. The lowest BCUT2D eigenvalue weighted by Gasteiger charge is -2.33. The molecule has 0 radical (unpaired) electrons. The fourth-order valence-corrected chi connectivity index (χ4v) is 7.78. The molecule has 4 aromatic carbocycles. The third kappa shape index (κ3) is 7.95. The molecule has 2 aliphatic rings. The minimum Gasteiger partial charge on any atom is -0.508 e. The van der Waals surface area contributed by atoms with Gasteiger partial charge in [-0.1, -0.05) is 73.4 Å². The number of hydrogen-bond acceptors (Lipinski definition) is 9. The maximum absolute atomic E-state index is 14.5. The highest BCUT2D eigenvalue weighted by molar-refractivity contribution is 5.94. The second kappa shape index (κ2) is 16.9. The van der Waals surface area contributed by atoms with Gasteiger partial charge < -0.3 is 44.0 Å². The zero-order valence-corrected chi connectivity index (χ0v) is 32.3. The minimum atomic E-state index is -0.526. The van der Waals surface area contributed by atoms with E-state index in [9.17, 15) is 15.0 Å². The molecule has 0 saturated carbocycles. The number of hydrogen-bond donors (Lipinski definition) is 4. The summed E-state index contributed by atoms with van der Waals surface area (Å²) in [5.74, 6) is 9.07. The predicted molar refractivity (Wildman–Crippen MR) is 223 cm³/mol. The molecule has 0 spiro atoms. The molecule has 0 amide bonds. The van der Waals surface area contributed by atoms with Crippen LogP contribution in [0.2, 0.25) is 0 Å². The number of aromatic hydroxyl groups is 1. The first-order chi connectivity index (χ1) is 27.9. The first-order valence-electron chi connectivity index (χ1n) is 19.7. The summed E-state index contributed by atoms with van der Waals surface area (Å²) in [5, 5.41) is 23.6. The lowest BCUT2D eigenvalue weighted by atomic mass is 9.88. The van der Waals surface area contributed by atoms with Crippen LogP contribution in [0.25, 0.3) is 33.4 Å². The SMILES string of the molecule is CCc1cc2c([nH]1)N1CCN[C@@H](C#C[C@@H](c3c(OCCc4ccccc4)c(OC)c(OCCCO)c4c(=O)cc(-c5ccc(O)cc5)oc34)Cc3cccc-2c3)C1. The molecule has 2 aliphatic heterocycles. The molecule has 4 heterocycles. The number of aromatic nitrogens is 1. The van der Waals surface area contributed by atoms with Crippen LogP contribution in [0.3, 0.4) is 0 Å². The number of benzene rings is 4. The predicted octanol–water partition coefficient (Wildman–Crippen LogP) is 7.24. The first-order valence-corrected chi connectivity index (χ1v) is 19.7. The van der Waals surface area contributed by atoms with E-state index in [4.69, 9.17) is 18.6 Å². The van der Waals surface area contributed by atoms with E-state index in [0.29, 0.717) is 55.1 Å². The Morgan fingerprint density at radius 2 is 1.74 bits per heavy atom. The number of rotatable bonds is 12. The second-order valence-corrected chi connectivity index (χ2v) is 14.4. The number of nitrogens with one attached hydrogen (secondary N) is 2. The minimum absolute atomic E-state index is 0.0915. The Hall–Kier alpha value is -6.15. The lowest BCUT2D eigenvalue weighted by molar-refractivity contribution is 0.226. The monoisotopic (exact) mass is 765 g/mol. The van der Waals surface area contributed by atoms with Gasteiger partial charge in [0.15, 0.2) is 22.5 Å². The molecule has 0 unspecified atom stereocenters. The van der Waals surface area contributed by atoms with E-state index in [2.05, 4.69) is 76.4 Å². The van der Waals surface area contributed by atoms with Gasteiger partial charge >= 0.3 is 0 Å². The van der Waals surface area contributed by atoms with Gasteiger partial charge in [0.1, 0.15) is 22.7 Å². The molecule has 4 bridgehead atoms. The number of piperazine rings is 1. The van der Waals surface area contributed by atoms with Crippen LogP contribution in [0, 0.1) is 11.8 Å². The van der Waals surface area contributed by atoms with Crippen molar-refractivity contribution >= 4 is 16.8 Å². The Labute approximate surface area is 332 Å². The standard InChI is InChI=1S/C47H47N3O7/c1-3-35-27-38-33-12-7-11-31(25-33)26-34(13-16-36-29-50(21-20-48-36)47(38)49-35)41-43-42(39(53)28-40(57-43)32-14-17-37(52)18-15-32)45(55-23-8-22-51)46(54-2)44(41)56-24-19-30-9-5-4-6-10-30/h4-7,9-12,14-15,17-18,25,27-28,34,36,48-49,51-52H,3,8,19-24,26,29H2,1-2H3/t34-,36+/m1/s1. The number of aromatic amines is 1. The Morgan fingerprint density at radius 3 is 2.53 bits per heavy atom. The summed E-state index contributed by atoms with van der Waals surface area (Å²) in [6.07, 6.45) is 2.32. The summed E-state index contributed by atoms with van der Waals surface area (Å²) in [4.78, 5) is 20.5. The van der Waals surface area contributed by atoms with E-state index in [1.165, 1.54) is 18.9 Å². The van der Waals surface area contributed by atoms with E-state index in [1.54, 1.807) is 24.3 Å². The molecule has 8 rings (SSSR count). The van der Waals surface area contributed by atoms with Gasteiger partial charge in [0.25, 0.3) is 0 Å². The molecular formula is C47H47N3O7. The highest BCUT2D eigenvalue weighted by Crippen LogP contribution is 2.50. The number of H-pyrrole nitrogens is 1. The molecule has 6 aromatic rings. The van der Waals surface area contributed by atoms with Crippen molar-refractivity contribution in [1.82, 2.24) is 10.3 Å². The van der Waals surface area contributed by atoms with Crippen molar-refractivity contribution in [2.45, 2.75) is 44.6 Å². The number of ether oxygens (including phenoxy) is 3. The molecular weight excluding hydrogens is 719 g/mol. The van der Waals surface area contributed by atoms with Crippen LogP contribution >= 0.6 is 0 Å². The van der Waals surface area contributed by atoms with Gasteiger partial charge in [-0.05, 0) is 59.9 Å². The lowest BCUT2D eigenvalue weighted by Crippen LogP contribution is -2.50. The zero-order chi connectivity index (χ0) is 39.3. The first kappa shape index (κ1) is 37.8. The van der Waals surface area contributed by atoms with Gasteiger partial charge in [0, 0.05) is 62.0 Å². The van der Waals surface area contributed by atoms with Crippen molar-refractivity contribution in [3.8, 4) is 57.3 Å². The number of aliphatic hydroxyl groups is 1. The molecule has 10 nitrogen and oxygen atoms in total. The van der Waals surface area contributed by atoms with Crippen LogP contribution in [0.1, 0.15) is 41.6 Å². The van der Waals surface area contributed by atoms with Crippen LogP contribution in [0.15, 0.2) is 100 Å². The number of phenolic OH excluding ortho intramolecular Hbond substituents is 1. The van der Waals surface area contributed by atoms with Crippen molar-refractivity contribution in [2.75, 3.05) is 51.5 Å². The number of methoxy groups -OCH3 is 1. The van der Waals surface area contributed by atoms with Crippen molar-refractivity contribution in [2.24, 2.45) is 0 Å². The fraction of sp³-hybridized carbons (Fsp3) is 0.298. The van der Waals surface area contributed by atoms with Crippen LogP contribution in [-0.4, -0.2) is 67.8 Å². The number of fused-ring (bicyclic) bond motifs is 8. The Balaban J connectivity index is 1.37. The number of phenols is 1. The molecule has 1 saturated heterocycles. The average molecular weight is 766 g/mol. The van der Waals surface area contributed by atoms with E-state index in [-0.39, 0.29) is 52.9 Å². The largest absolute Gasteiger partial charge is 0.508 e. The molecule has 4 N–H and O–H groups in total. The number of aliphatic hydroxyl groups excluding tert-OH is 1. The van der Waals surface area contributed by atoms with Crippen LogP contribution < -0.4 is 29.9 Å². The quantitative estimate of drug-likeness (QED) is 0.0753. The molecule has 2 atom stereocenters. The van der Waals surface area contributed by atoms with Gasteiger partial charge in [-0.25, -0.2) is 0 Å². The topological polar surface area (TPSA) is 129 Å².